The quantitative estimate of drug-likeness (QED) is 0.913. The lowest BCUT2D eigenvalue weighted by molar-refractivity contribution is 0.407. The van der Waals surface area contributed by atoms with Gasteiger partial charge in [-0.3, -0.25) is 0 Å². The van der Waals surface area contributed by atoms with Crippen molar-refractivity contribution in [2.75, 3.05) is 7.11 Å². The van der Waals surface area contributed by atoms with Gasteiger partial charge in [0.15, 0.2) is 0 Å². The highest BCUT2D eigenvalue weighted by Crippen LogP contribution is 2.34. The highest BCUT2D eigenvalue weighted by atomic mass is 32.1. The Labute approximate surface area is 112 Å². The SMILES string of the molecule is COc1cc(C)cc(C)c1C(N)c1cscc1C. The van der Waals surface area contributed by atoms with Crippen LogP contribution in [0.4, 0.5) is 0 Å². The van der Waals surface area contributed by atoms with Crippen molar-refractivity contribution in [1.29, 1.82) is 0 Å². The summed E-state index contributed by atoms with van der Waals surface area (Å²) in [5, 5.41) is 4.25. The summed E-state index contributed by atoms with van der Waals surface area (Å²) in [5.41, 5.74) is 12.3. The molecule has 2 rings (SSSR count). The second-order valence-corrected chi connectivity index (χ2v) is 5.43. The summed E-state index contributed by atoms with van der Waals surface area (Å²) in [7, 11) is 1.70. The van der Waals surface area contributed by atoms with E-state index >= 15 is 0 Å². The topological polar surface area (TPSA) is 35.2 Å². The summed E-state index contributed by atoms with van der Waals surface area (Å²) >= 11 is 1.69. The summed E-state index contributed by atoms with van der Waals surface area (Å²) in [5.74, 6) is 0.880. The molecule has 0 radical (unpaired) electrons. The van der Waals surface area contributed by atoms with Gasteiger partial charge in [0.05, 0.1) is 13.2 Å². The molecule has 0 amide bonds. The molecular formula is C15H19NOS. The van der Waals surface area contributed by atoms with Crippen molar-refractivity contribution in [2.45, 2.75) is 26.8 Å². The largest absolute Gasteiger partial charge is 0.496 e. The van der Waals surface area contributed by atoms with E-state index in [2.05, 4.69) is 37.6 Å². The summed E-state index contributed by atoms with van der Waals surface area (Å²) in [6.07, 6.45) is 0. The van der Waals surface area contributed by atoms with E-state index in [1.165, 1.54) is 22.3 Å². The van der Waals surface area contributed by atoms with Gasteiger partial charge in [-0.05, 0) is 59.9 Å². The van der Waals surface area contributed by atoms with E-state index in [1.54, 1.807) is 18.4 Å². The van der Waals surface area contributed by atoms with E-state index in [4.69, 9.17) is 10.5 Å². The van der Waals surface area contributed by atoms with Gasteiger partial charge in [0.25, 0.3) is 0 Å². The van der Waals surface area contributed by atoms with E-state index in [9.17, 15) is 0 Å². The summed E-state index contributed by atoms with van der Waals surface area (Å²) in [6, 6.07) is 4.08. The standard InChI is InChI=1S/C15H19NOS/c1-9-5-10(2)14(13(6-9)17-4)15(16)12-8-18-7-11(12)3/h5-8,15H,16H2,1-4H3. The number of rotatable bonds is 3. The second kappa shape index (κ2) is 5.12. The molecule has 1 heterocycles. The molecule has 0 aliphatic heterocycles. The average molecular weight is 261 g/mol. The van der Waals surface area contributed by atoms with Crippen LogP contribution in [0.25, 0.3) is 0 Å². The van der Waals surface area contributed by atoms with Crippen molar-refractivity contribution < 1.29 is 4.74 Å². The van der Waals surface area contributed by atoms with E-state index in [0.29, 0.717) is 0 Å². The molecule has 2 N–H and O–H groups in total. The Bertz CT molecular complexity index is 560. The lowest BCUT2D eigenvalue weighted by Crippen LogP contribution is -2.15. The average Bonchev–Trinajstić information content (AvgIpc) is 2.73. The minimum atomic E-state index is -0.119. The molecule has 3 heteroatoms. The van der Waals surface area contributed by atoms with Crippen LogP contribution in [0.2, 0.25) is 0 Å². The first-order valence-electron chi connectivity index (χ1n) is 5.98. The van der Waals surface area contributed by atoms with Crippen LogP contribution in [-0.2, 0) is 0 Å². The van der Waals surface area contributed by atoms with Crippen molar-refractivity contribution in [3.8, 4) is 5.75 Å². The van der Waals surface area contributed by atoms with Gasteiger partial charge in [-0.1, -0.05) is 6.07 Å². The van der Waals surface area contributed by atoms with Crippen molar-refractivity contribution in [1.82, 2.24) is 0 Å². The van der Waals surface area contributed by atoms with Crippen LogP contribution in [0.5, 0.6) is 5.75 Å². The molecule has 96 valence electrons. The smallest absolute Gasteiger partial charge is 0.124 e. The maximum atomic E-state index is 6.42. The van der Waals surface area contributed by atoms with Gasteiger partial charge in [0.2, 0.25) is 0 Å². The van der Waals surface area contributed by atoms with Crippen LogP contribution in [0.15, 0.2) is 22.9 Å². The van der Waals surface area contributed by atoms with Gasteiger partial charge in [-0.25, -0.2) is 0 Å². The lowest BCUT2D eigenvalue weighted by Gasteiger charge is -2.19. The Morgan fingerprint density at radius 3 is 2.39 bits per heavy atom. The number of thiophene rings is 1. The van der Waals surface area contributed by atoms with Crippen molar-refractivity contribution in [3.05, 3.63) is 50.7 Å². The fourth-order valence-corrected chi connectivity index (χ4v) is 3.24. The molecule has 18 heavy (non-hydrogen) atoms. The molecule has 2 nitrogen and oxygen atoms in total. The third kappa shape index (κ3) is 2.28. The Kier molecular flexibility index (Phi) is 3.73. The van der Waals surface area contributed by atoms with Gasteiger partial charge in [0.1, 0.15) is 5.75 Å². The fraction of sp³-hybridized carbons (Fsp3) is 0.333. The molecule has 1 aromatic heterocycles. The van der Waals surface area contributed by atoms with Gasteiger partial charge >= 0.3 is 0 Å². The predicted octanol–water partition coefficient (Wildman–Crippen LogP) is 3.73. The molecule has 0 spiro atoms. The first-order valence-corrected chi connectivity index (χ1v) is 6.92. The Morgan fingerprint density at radius 1 is 1.11 bits per heavy atom. The second-order valence-electron chi connectivity index (χ2n) is 4.69. The zero-order valence-corrected chi connectivity index (χ0v) is 12.1. The van der Waals surface area contributed by atoms with Crippen molar-refractivity contribution in [2.24, 2.45) is 5.73 Å². The summed E-state index contributed by atoms with van der Waals surface area (Å²) in [6.45, 7) is 6.26. The zero-order valence-electron chi connectivity index (χ0n) is 11.3. The molecule has 0 aliphatic rings. The summed E-state index contributed by atoms with van der Waals surface area (Å²) < 4.78 is 5.49. The first-order chi connectivity index (χ1) is 8.54. The fourth-order valence-electron chi connectivity index (χ4n) is 2.35. The number of hydrogen-bond donors (Lipinski definition) is 1. The molecule has 0 saturated heterocycles. The number of nitrogens with two attached hydrogens (primary N) is 1. The number of hydrogen-bond acceptors (Lipinski definition) is 3. The predicted molar refractivity (Wildman–Crippen MR) is 77.6 cm³/mol. The monoisotopic (exact) mass is 261 g/mol. The Morgan fingerprint density at radius 2 is 1.83 bits per heavy atom. The van der Waals surface area contributed by atoms with E-state index < -0.39 is 0 Å². The van der Waals surface area contributed by atoms with Crippen LogP contribution in [0.3, 0.4) is 0 Å². The molecule has 1 unspecified atom stereocenters. The Balaban J connectivity index is 2.54. The molecule has 0 aliphatic carbocycles. The van der Waals surface area contributed by atoms with Gasteiger partial charge in [0, 0.05) is 5.56 Å². The van der Waals surface area contributed by atoms with E-state index in [-0.39, 0.29) is 6.04 Å². The number of aryl methyl sites for hydroxylation is 3. The van der Waals surface area contributed by atoms with E-state index in [1.807, 2.05) is 6.07 Å². The van der Waals surface area contributed by atoms with Crippen LogP contribution >= 0.6 is 11.3 Å². The molecule has 0 saturated carbocycles. The van der Waals surface area contributed by atoms with Crippen molar-refractivity contribution >= 4 is 11.3 Å². The lowest BCUT2D eigenvalue weighted by atomic mass is 9.93. The molecule has 0 fully saturated rings. The highest BCUT2D eigenvalue weighted by Gasteiger charge is 2.19. The highest BCUT2D eigenvalue weighted by molar-refractivity contribution is 7.08. The third-order valence-corrected chi connectivity index (χ3v) is 4.13. The zero-order chi connectivity index (χ0) is 13.3. The third-order valence-electron chi connectivity index (χ3n) is 3.25. The normalized spacial score (nSPS) is 12.5. The Hall–Kier alpha value is -1.32. The molecule has 2 aromatic rings. The van der Waals surface area contributed by atoms with Crippen LogP contribution in [-0.4, -0.2) is 7.11 Å². The first kappa shape index (κ1) is 13.1. The number of methoxy groups -OCH3 is 1. The van der Waals surface area contributed by atoms with Gasteiger partial charge in [-0.15, -0.1) is 0 Å². The van der Waals surface area contributed by atoms with Crippen LogP contribution < -0.4 is 10.5 Å². The van der Waals surface area contributed by atoms with E-state index in [0.717, 1.165) is 11.3 Å². The number of benzene rings is 1. The van der Waals surface area contributed by atoms with Gasteiger partial charge in [-0.2, -0.15) is 11.3 Å². The van der Waals surface area contributed by atoms with Crippen LogP contribution in [0.1, 0.15) is 33.9 Å². The minimum Gasteiger partial charge on any atom is -0.496 e. The molecule has 1 aromatic carbocycles. The summed E-state index contributed by atoms with van der Waals surface area (Å²) in [4.78, 5) is 0. The van der Waals surface area contributed by atoms with Crippen LogP contribution in [0, 0.1) is 20.8 Å². The van der Waals surface area contributed by atoms with Gasteiger partial charge < -0.3 is 10.5 Å². The maximum Gasteiger partial charge on any atom is 0.124 e. The number of ether oxygens (including phenoxy) is 1. The van der Waals surface area contributed by atoms with Crippen molar-refractivity contribution in [3.63, 3.8) is 0 Å². The minimum absolute atomic E-state index is 0.119. The molecule has 0 bridgehead atoms. The maximum absolute atomic E-state index is 6.42. The molecular weight excluding hydrogens is 242 g/mol. The molecule has 1 atom stereocenters.